The molecule has 2 saturated heterocycles. The summed E-state index contributed by atoms with van der Waals surface area (Å²) >= 11 is 0. The van der Waals surface area contributed by atoms with Crippen LogP contribution < -0.4 is 5.32 Å². The number of benzene rings is 1. The molecule has 0 bridgehead atoms. The second-order valence-electron chi connectivity index (χ2n) is 5.70. The summed E-state index contributed by atoms with van der Waals surface area (Å²) in [6.07, 6.45) is 2.91. The molecule has 2 aliphatic heterocycles. The fourth-order valence-corrected chi connectivity index (χ4v) is 3.04. The Bertz CT molecular complexity index is 509. The monoisotopic (exact) mass is 328 g/mol. The lowest BCUT2D eigenvalue weighted by Gasteiger charge is -2.36. The highest BCUT2D eigenvalue weighted by atomic mass is 35.5. The predicted molar refractivity (Wildman–Crippen MR) is 84.6 cm³/mol. The summed E-state index contributed by atoms with van der Waals surface area (Å²) in [6, 6.07) is 6.36. The molecular formula is C16H22ClFN2O2. The van der Waals surface area contributed by atoms with Gasteiger partial charge in [0.1, 0.15) is 11.9 Å². The minimum Gasteiger partial charge on any atom is -0.370 e. The zero-order chi connectivity index (χ0) is 14.7. The van der Waals surface area contributed by atoms with E-state index in [1.54, 1.807) is 6.07 Å². The van der Waals surface area contributed by atoms with Crippen molar-refractivity contribution in [3.8, 4) is 0 Å². The van der Waals surface area contributed by atoms with Crippen molar-refractivity contribution in [1.82, 2.24) is 10.2 Å². The molecule has 0 aliphatic carbocycles. The Balaban J connectivity index is 0.00000176. The molecule has 0 radical (unpaired) electrons. The lowest BCUT2D eigenvalue weighted by atomic mass is 10.0. The number of hydrogen-bond donors (Lipinski definition) is 1. The van der Waals surface area contributed by atoms with Crippen LogP contribution in [0.15, 0.2) is 24.3 Å². The van der Waals surface area contributed by atoms with Gasteiger partial charge in [0.2, 0.25) is 5.91 Å². The molecule has 4 nitrogen and oxygen atoms in total. The third-order valence-corrected chi connectivity index (χ3v) is 4.21. The summed E-state index contributed by atoms with van der Waals surface area (Å²) in [6.45, 7) is 2.52. The maximum atomic E-state index is 13.3. The van der Waals surface area contributed by atoms with Gasteiger partial charge in [0.05, 0.1) is 19.2 Å². The average Bonchev–Trinajstić information content (AvgIpc) is 2.55. The van der Waals surface area contributed by atoms with Crippen molar-refractivity contribution in [2.24, 2.45) is 0 Å². The highest BCUT2D eigenvalue weighted by Gasteiger charge is 2.30. The Morgan fingerprint density at radius 2 is 2.23 bits per heavy atom. The van der Waals surface area contributed by atoms with Crippen molar-refractivity contribution in [2.75, 3.05) is 26.2 Å². The summed E-state index contributed by atoms with van der Waals surface area (Å²) in [5, 5.41) is 3.29. The van der Waals surface area contributed by atoms with Crippen molar-refractivity contribution in [3.05, 3.63) is 35.6 Å². The average molecular weight is 329 g/mol. The van der Waals surface area contributed by atoms with Gasteiger partial charge in [-0.3, -0.25) is 4.79 Å². The van der Waals surface area contributed by atoms with Crippen molar-refractivity contribution in [3.63, 3.8) is 0 Å². The first-order valence-corrected chi connectivity index (χ1v) is 7.63. The van der Waals surface area contributed by atoms with E-state index in [0.717, 1.165) is 31.4 Å². The van der Waals surface area contributed by atoms with E-state index >= 15 is 0 Å². The minimum atomic E-state index is -0.270. The van der Waals surface area contributed by atoms with E-state index in [9.17, 15) is 9.18 Å². The number of nitrogens with one attached hydrogen (secondary N) is 1. The van der Waals surface area contributed by atoms with E-state index in [-0.39, 0.29) is 36.3 Å². The van der Waals surface area contributed by atoms with E-state index < -0.39 is 0 Å². The molecule has 0 spiro atoms. The smallest absolute Gasteiger partial charge is 0.239 e. The summed E-state index contributed by atoms with van der Waals surface area (Å²) < 4.78 is 19.0. The Hall–Kier alpha value is -1.17. The number of nitrogens with zero attached hydrogens (tertiary/aromatic N) is 1. The van der Waals surface area contributed by atoms with Crippen LogP contribution in [0.4, 0.5) is 4.39 Å². The van der Waals surface area contributed by atoms with Gasteiger partial charge in [-0.05, 0) is 37.1 Å². The number of morpholine rings is 1. The normalized spacial score (nSPS) is 25.4. The Kier molecular flexibility index (Phi) is 6.17. The van der Waals surface area contributed by atoms with Gasteiger partial charge in [-0.1, -0.05) is 18.6 Å². The van der Waals surface area contributed by atoms with Gasteiger partial charge in [0.15, 0.2) is 0 Å². The molecule has 2 aliphatic rings. The van der Waals surface area contributed by atoms with E-state index in [1.807, 2.05) is 11.0 Å². The largest absolute Gasteiger partial charge is 0.370 e. The molecule has 2 heterocycles. The van der Waals surface area contributed by atoms with E-state index in [0.29, 0.717) is 19.7 Å². The Morgan fingerprint density at radius 3 is 2.95 bits per heavy atom. The van der Waals surface area contributed by atoms with Gasteiger partial charge in [0, 0.05) is 6.54 Å². The first-order valence-electron chi connectivity index (χ1n) is 7.63. The van der Waals surface area contributed by atoms with Crippen molar-refractivity contribution >= 4 is 18.3 Å². The Morgan fingerprint density at radius 1 is 1.36 bits per heavy atom. The highest BCUT2D eigenvalue weighted by Crippen LogP contribution is 2.24. The van der Waals surface area contributed by atoms with Crippen LogP contribution in [0.3, 0.4) is 0 Å². The number of halogens is 2. The fraction of sp³-hybridized carbons (Fsp3) is 0.562. The fourth-order valence-electron chi connectivity index (χ4n) is 3.04. The molecule has 2 fully saturated rings. The van der Waals surface area contributed by atoms with Gasteiger partial charge >= 0.3 is 0 Å². The molecule has 1 N–H and O–H groups in total. The van der Waals surface area contributed by atoms with Crippen LogP contribution >= 0.6 is 12.4 Å². The number of ether oxygens (including phenoxy) is 1. The second-order valence-corrected chi connectivity index (χ2v) is 5.70. The predicted octanol–water partition coefficient (Wildman–Crippen LogP) is 2.29. The lowest BCUT2D eigenvalue weighted by Crippen LogP contribution is -2.52. The molecule has 2 atom stereocenters. The maximum absolute atomic E-state index is 13.3. The number of carbonyl (C=O) groups excluding carboxylic acids is 1. The summed E-state index contributed by atoms with van der Waals surface area (Å²) in [5.41, 5.74) is 0.795. The quantitative estimate of drug-likeness (QED) is 0.905. The molecule has 0 aromatic heterocycles. The number of amides is 1. The third-order valence-electron chi connectivity index (χ3n) is 4.21. The topological polar surface area (TPSA) is 41.6 Å². The molecule has 0 saturated carbocycles. The summed E-state index contributed by atoms with van der Waals surface area (Å²) in [5.74, 6) is -0.118. The maximum Gasteiger partial charge on any atom is 0.239 e. The van der Waals surface area contributed by atoms with Crippen molar-refractivity contribution in [2.45, 2.75) is 31.4 Å². The lowest BCUT2D eigenvalue weighted by molar-refractivity contribution is -0.141. The van der Waals surface area contributed by atoms with Gasteiger partial charge in [0.25, 0.3) is 0 Å². The molecular weight excluding hydrogens is 307 g/mol. The number of hydrogen-bond acceptors (Lipinski definition) is 3. The minimum absolute atomic E-state index is 0. The van der Waals surface area contributed by atoms with Crippen molar-refractivity contribution < 1.29 is 13.9 Å². The van der Waals surface area contributed by atoms with Crippen LogP contribution in [0.1, 0.15) is 30.9 Å². The van der Waals surface area contributed by atoms with Crippen LogP contribution in [-0.4, -0.2) is 43.1 Å². The number of rotatable bonds is 2. The summed E-state index contributed by atoms with van der Waals surface area (Å²) in [7, 11) is 0. The van der Waals surface area contributed by atoms with Crippen LogP contribution in [-0.2, 0) is 9.53 Å². The second kappa shape index (κ2) is 7.90. The number of piperidine rings is 1. The SMILES string of the molecule is Cl.O=C(C1CCCCN1)N1CCOC(c2cccc(F)c2)C1. The van der Waals surface area contributed by atoms with E-state index in [1.165, 1.54) is 12.1 Å². The molecule has 1 aromatic rings. The molecule has 1 amide bonds. The van der Waals surface area contributed by atoms with Gasteiger partial charge in [-0.25, -0.2) is 4.39 Å². The van der Waals surface area contributed by atoms with E-state index in [2.05, 4.69) is 5.32 Å². The molecule has 2 unspecified atom stereocenters. The molecule has 22 heavy (non-hydrogen) atoms. The highest BCUT2D eigenvalue weighted by molar-refractivity contribution is 5.85. The molecule has 3 rings (SSSR count). The van der Waals surface area contributed by atoms with Gasteiger partial charge in [-0.15, -0.1) is 12.4 Å². The first-order chi connectivity index (χ1) is 10.2. The van der Waals surface area contributed by atoms with E-state index in [4.69, 9.17) is 4.74 Å². The van der Waals surface area contributed by atoms with Gasteiger partial charge < -0.3 is 15.0 Å². The Labute approximate surface area is 136 Å². The molecule has 1 aromatic carbocycles. The van der Waals surface area contributed by atoms with Gasteiger partial charge in [-0.2, -0.15) is 0 Å². The molecule has 6 heteroatoms. The zero-order valence-electron chi connectivity index (χ0n) is 12.5. The van der Waals surface area contributed by atoms with Crippen molar-refractivity contribution in [1.29, 1.82) is 0 Å². The summed E-state index contributed by atoms with van der Waals surface area (Å²) in [4.78, 5) is 14.4. The van der Waals surface area contributed by atoms with Crippen LogP contribution in [0.5, 0.6) is 0 Å². The van der Waals surface area contributed by atoms with Crippen LogP contribution in [0.25, 0.3) is 0 Å². The first kappa shape index (κ1) is 17.2. The van der Waals surface area contributed by atoms with Crippen LogP contribution in [0.2, 0.25) is 0 Å². The molecule has 122 valence electrons. The zero-order valence-corrected chi connectivity index (χ0v) is 13.3. The standard InChI is InChI=1S/C16H21FN2O2.ClH/c17-13-5-3-4-12(10-13)15-11-19(8-9-21-15)16(20)14-6-1-2-7-18-14;/h3-5,10,14-15,18H,1-2,6-9,11H2;1H. The number of carbonyl (C=O) groups is 1. The van der Waals surface area contributed by atoms with Crippen LogP contribution in [0, 0.1) is 5.82 Å². The third kappa shape index (κ3) is 3.97.